The van der Waals surface area contributed by atoms with Gasteiger partial charge in [-0.05, 0) is 43.4 Å². The molecule has 1 aliphatic carbocycles. The van der Waals surface area contributed by atoms with Crippen LogP contribution >= 0.6 is 15.9 Å². The average Bonchev–Trinajstić information content (AvgIpc) is 3.04. The van der Waals surface area contributed by atoms with Crippen LogP contribution in [-0.2, 0) is 0 Å². The van der Waals surface area contributed by atoms with E-state index in [-0.39, 0.29) is 6.10 Å². The predicted molar refractivity (Wildman–Crippen MR) is 69.3 cm³/mol. The van der Waals surface area contributed by atoms with Gasteiger partial charge in [0, 0.05) is 17.1 Å². The second-order valence-corrected chi connectivity index (χ2v) is 5.54. The molecule has 2 nitrogen and oxygen atoms in total. The third-order valence-corrected chi connectivity index (χ3v) is 3.48. The monoisotopic (exact) mass is 283 g/mol. The molecule has 2 rings (SSSR count). The minimum Gasteiger partial charge on any atom is -0.392 e. The first-order chi connectivity index (χ1) is 7.66. The van der Waals surface area contributed by atoms with Gasteiger partial charge >= 0.3 is 0 Å². The Balaban J connectivity index is 2.03. The number of halogens is 1. The molecule has 0 spiro atoms. The molecular weight excluding hydrogens is 266 g/mol. The van der Waals surface area contributed by atoms with Crippen LogP contribution in [0, 0.1) is 5.92 Å². The zero-order valence-electron chi connectivity index (χ0n) is 9.49. The first-order valence-electron chi connectivity index (χ1n) is 5.83. The molecule has 2 N–H and O–H groups in total. The lowest BCUT2D eigenvalue weighted by Crippen LogP contribution is -2.29. The quantitative estimate of drug-likeness (QED) is 0.871. The van der Waals surface area contributed by atoms with E-state index in [9.17, 15) is 5.11 Å². The molecule has 16 heavy (non-hydrogen) atoms. The van der Waals surface area contributed by atoms with Gasteiger partial charge in [0.15, 0.2) is 0 Å². The van der Waals surface area contributed by atoms with E-state index in [4.69, 9.17) is 0 Å². The third kappa shape index (κ3) is 3.30. The molecule has 1 fully saturated rings. The summed E-state index contributed by atoms with van der Waals surface area (Å²) < 4.78 is 1.11. The third-order valence-electron chi connectivity index (χ3n) is 2.96. The molecule has 1 aromatic rings. The lowest BCUT2D eigenvalue weighted by atomic mass is 10.0. The second-order valence-electron chi connectivity index (χ2n) is 4.62. The Bertz CT molecular complexity index is 332. The number of hydrogen-bond donors (Lipinski definition) is 2. The molecule has 0 aromatic heterocycles. The van der Waals surface area contributed by atoms with Gasteiger partial charge in [-0.25, -0.2) is 0 Å². The van der Waals surface area contributed by atoms with Crippen molar-refractivity contribution in [1.29, 1.82) is 0 Å². The molecule has 1 aromatic carbocycles. The van der Waals surface area contributed by atoms with Crippen LogP contribution in [0.2, 0.25) is 0 Å². The number of benzene rings is 1. The highest BCUT2D eigenvalue weighted by atomic mass is 79.9. The van der Waals surface area contributed by atoms with E-state index in [0.29, 0.717) is 12.6 Å². The van der Waals surface area contributed by atoms with Crippen molar-refractivity contribution >= 4 is 15.9 Å². The lowest BCUT2D eigenvalue weighted by Gasteiger charge is -2.19. The first-order valence-corrected chi connectivity index (χ1v) is 6.63. The fourth-order valence-electron chi connectivity index (χ4n) is 1.95. The van der Waals surface area contributed by atoms with Crippen molar-refractivity contribution < 1.29 is 5.11 Å². The van der Waals surface area contributed by atoms with Gasteiger partial charge in [0.05, 0.1) is 6.10 Å². The molecule has 1 saturated carbocycles. The van der Waals surface area contributed by atoms with E-state index < -0.39 is 0 Å². The van der Waals surface area contributed by atoms with Crippen LogP contribution in [0.5, 0.6) is 0 Å². The van der Waals surface area contributed by atoms with Gasteiger partial charge in [-0.3, -0.25) is 0 Å². The summed E-state index contributed by atoms with van der Waals surface area (Å²) >= 11 is 3.45. The summed E-state index contributed by atoms with van der Waals surface area (Å²) in [5.41, 5.74) is 1.33. The van der Waals surface area contributed by atoms with E-state index in [1.54, 1.807) is 0 Å². The number of aliphatic hydroxyl groups excluding tert-OH is 1. The Hall–Kier alpha value is -0.380. The van der Waals surface area contributed by atoms with Crippen molar-refractivity contribution in [3.8, 4) is 0 Å². The standard InChI is InChI=1S/C13H18BrNO/c1-9(16)8-15-13(10-2-3-10)11-4-6-12(14)7-5-11/h4-7,9-10,13,15-16H,2-3,8H2,1H3. The summed E-state index contributed by atoms with van der Waals surface area (Å²) in [6.07, 6.45) is 2.32. The van der Waals surface area contributed by atoms with Gasteiger partial charge in [-0.1, -0.05) is 28.1 Å². The van der Waals surface area contributed by atoms with E-state index in [1.165, 1.54) is 18.4 Å². The molecule has 0 bridgehead atoms. The maximum Gasteiger partial charge on any atom is 0.0636 e. The largest absolute Gasteiger partial charge is 0.392 e. The zero-order valence-corrected chi connectivity index (χ0v) is 11.1. The van der Waals surface area contributed by atoms with Gasteiger partial charge in [-0.2, -0.15) is 0 Å². The predicted octanol–water partition coefficient (Wildman–Crippen LogP) is 2.87. The Morgan fingerprint density at radius 1 is 1.38 bits per heavy atom. The maximum atomic E-state index is 9.32. The molecule has 88 valence electrons. The average molecular weight is 284 g/mol. The first kappa shape index (κ1) is 12.1. The summed E-state index contributed by atoms with van der Waals surface area (Å²) in [4.78, 5) is 0. The van der Waals surface area contributed by atoms with Crippen molar-refractivity contribution in [1.82, 2.24) is 5.32 Å². The molecule has 0 radical (unpaired) electrons. The summed E-state index contributed by atoms with van der Waals surface area (Å²) in [7, 11) is 0. The van der Waals surface area contributed by atoms with E-state index in [0.717, 1.165) is 10.4 Å². The normalized spacial score (nSPS) is 19.4. The van der Waals surface area contributed by atoms with Crippen LogP contribution in [0.4, 0.5) is 0 Å². The fraction of sp³-hybridized carbons (Fsp3) is 0.538. The molecule has 0 saturated heterocycles. The highest BCUT2D eigenvalue weighted by molar-refractivity contribution is 9.10. The number of rotatable bonds is 5. The van der Waals surface area contributed by atoms with Crippen molar-refractivity contribution in [2.24, 2.45) is 5.92 Å². The Morgan fingerprint density at radius 2 is 2.00 bits per heavy atom. The molecule has 0 amide bonds. The van der Waals surface area contributed by atoms with Gasteiger partial charge in [0.25, 0.3) is 0 Å². The Morgan fingerprint density at radius 3 is 2.50 bits per heavy atom. The second kappa shape index (κ2) is 5.30. The van der Waals surface area contributed by atoms with Crippen molar-refractivity contribution in [2.45, 2.75) is 31.9 Å². The van der Waals surface area contributed by atoms with Crippen LogP contribution in [0.15, 0.2) is 28.7 Å². The van der Waals surface area contributed by atoms with Crippen LogP contribution in [0.1, 0.15) is 31.4 Å². The number of aliphatic hydroxyl groups is 1. The maximum absolute atomic E-state index is 9.32. The van der Waals surface area contributed by atoms with Crippen molar-refractivity contribution in [3.63, 3.8) is 0 Å². The van der Waals surface area contributed by atoms with Crippen LogP contribution in [-0.4, -0.2) is 17.8 Å². The van der Waals surface area contributed by atoms with Gasteiger partial charge in [0.2, 0.25) is 0 Å². The fourth-order valence-corrected chi connectivity index (χ4v) is 2.22. The topological polar surface area (TPSA) is 32.3 Å². The van der Waals surface area contributed by atoms with Crippen molar-refractivity contribution in [3.05, 3.63) is 34.3 Å². The smallest absolute Gasteiger partial charge is 0.0636 e. The Labute approximate surface area is 105 Å². The van der Waals surface area contributed by atoms with Crippen LogP contribution in [0.3, 0.4) is 0 Å². The molecule has 2 unspecified atom stereocenters. The lowest BCUT2D eigenvalue weighted by molar-refractivity contribution is 0.184. The van der Waals surface area contributed by atoms with Crippen LogP contribution in [0.25, 0.3) is 0 Å². The number of hydrogen-bond acceptors (Lipinski definition) is 2. The summed E-state index contributed by atoms with van der Waals surface area (Å²) in [5.74, 6) is 0.750. The van der Waals surface area contributed by atoms with E-state index in [1.807, 2.05) is 6.92 Å². The molecular formula is C13H18BrNO. The minimum absolute atomic E-state index is 0.281. The summed E-state index contributed by atoms with van der Waals surface area (Å²) in [6.45, 7) is 2.48. The minimum atomic E-state index is -0.281. The summed E-state index contributed by atoms with van der Waals surface area (Å²) in [6, 6.07) is 8.87. The molecule has 0 heterocycles. The van der Waals surface area contributed by atoms with Crippen LogP contribution < -0.4 is 5.32 Å². The van der Waals surface area contributed by atoms with Gasteiger partial charge in [-0.15, -0.1) is 0 Å². The zero-order chi connectivity index (χ0) is 11.5. The molecule has 1 aliphatic rings. The molecule has 0 aliphatic heterocycles. The molecule has 2 atom stereocenters. The van der Waals surface area contributed by atoms with Gasteiger partial charge < -0.3 is 10.4 Å². The molecule has 3 heteroatoms. The van der Waals surface area contributed by atoms with E-state index >= 15 is 0 Å². The Kier molecular flexibility index (Phi) is 4.00. The van der Waals surface area contributed by atoms with Crippen molar-refractivity contribution in [2.75, 3.05) is 6.54 Å². The number of nitrogens with one attached hydrogen (secondary N) is 1. The van der Waals surface area contributed by atoms with E-state index in [2.05, 4.69) is 45.5 Å². The van der Waals surface area contributed by atoms with Gasteiger partial charge in [0.1, 0.15) is 0 Å². The SMILES string of the molecule is CC(O)CNC(c1ccc(Br)cc1)C1CC1. The summed E-state index contributed by atoms with van der Waals surface area (Å²) in [5, 5.41) is 12.8. The highest BCUT2D eigenvalue weighted by Crippen LogP contribution is 2.41. The highest BCUT2D eigenvalue weighted by Gasteiger charge is 2.31.